The van der Waals surface area contributed by atoms with Crippen molar-refractivity contribution in [3.8, 4) is 0 Å². The summed E-state index contributed by atoms with van der Waals surface area (Å²) >= 11 is 0. The molecule has 0 radical (unpaired) electrons. The van der Waals surface area contributed by atoms with Gasteiger partial charge in [0.15, 0.2) is 0 Å². The first-order valence-electron chi connectivity index (χ1n) is 2.14. The van der Waals surface area contributed by atoms with Crippen LogP contribution in [0.15, 0.2) is 24.1 Å². The van der Waals surface area contributed by atoms with E-state index in [4.69, 9.17) is 5.73 Å². The molecule has 0 amide bonds. The Morgan fingerprint density at radius 3 is 2.75 bits per heavy atom. The Morgan fingerprint density at radius 1 is 1.75 bits per heavy atom. The van der Waals surface area contributed by atoms with Gasteiger partial charge in [0, 0.05) is 6.20 Å². The van der Waals surface area contributed by atoms with Crippen LogP contribution in [0.5, 0.6) is 0 Å². The number of rotatable bonds is 0. The van der Waals surface area contributed by atoms with E-state index >= 15 is 0 Å². The number of nitrogens with two attached hydrogens (primary N) is 1. The van der Waals surface area contributed by atoms with Gasteiger partial charge in [-0.2, -0.15) is 0 Å². The summed E-state index contributed by atoms with van der Waals surface area (Å²) < 4.78 is 4.39. The van der Waals surface area contributed by atoms with Gasteiger partial charge in [-0.1, -0.05) is 0 Å². The Kier molecular flexibility index (Phi) is 1.04. The Bertz CT molecular complexity index is 169. The lowest BCUT2D eigenvalue weighted by Gasteiger charge is -1.84. The van der Waals surface area contributed by atoms with E-state index in [1.807, 2.05) is 0 Å². The van der Waals surface area contributed by atoms with Gasteiger partial charge in [-0.3, -0.25) is 0 Å². The average molecular weight is 111 g/mol. The monoisotopic (exact) mass is 111 g/mol. The molecule has 1 heterocycles. The summed E-state index contributed by atoms with van der Waals surface area (Å²) in [7, 11) is 0. The number of cyclic esters (lactones) is 1. The SMILES string of the molecule is NC=C1C=COC1=O. The number of hydrogen-bond acceptors (Lipinski definition) is 3. The lowest BCUT2D eigenvalue weighted by molar-refractivity contribution is -0.132. The molecule has 1 rings (SSSR count). The van der Waals surface area contributed by atoms with Gasteiger partial charge in [0.1, 0.15) is 0 Å². The molecule has 3 nitrogen and oxygen atoms in total. The van der Waals surface area contributed by atoms with Crippen molar-refractivity contribution in [3.63, 3.8) is 0 Å². The van der Waals surface area contributed by atoms with Crippen LogP contribution < -0.4 is 5.73 Å². The first kappa shape index (κ1) is 4.90. The minimum atomic E-state index is -0.382. The average Bonchev–Trinajstić information content (AvgIpc) is 2.14. The van der Waals surface area contributed by atoms with E-state index in [0.717, 1.165) is 0 Å². The van der Waals surface area contributed by atoms with Crippen LogP contribution in [0.1, 0.15) is 0 Å². The van der Waals surface area contributed by atoms with Crippen LogP contribution in [-0.2, 0) is 9.53 Å². The van der Waals surface area contributed by atoms with Crippen molar-refractivity contribution in [1.82, 2.24) is 0 Å². The largest absolute Gasteiger partial charge is 0.431 e. The molecule has 0 unspecified atom stereocenters. The van der Waals surface area contributed by atoms with Gasteiger partial charge in [-0.05, 0) is 6.08 Å². The van der Waals surface area contributed by atoms with Gasteiger partial charge in [0.2, 0.25) is 0 Å². The maximum Gasteiger partial charge on any atom is 0.344 e. The molecule has 0 fully saturated rings. The molecule has 0 aromatic rings. The van der Waals surface area contributed by atoms with Crippen LogP contribution in [0.4, 0.5) is 0 Å². The minimum Gasteiger partial charge on any atom is -0.431 e. The lowest BCUT2D eigenvalue weighted by Crippen LogP contribution is -1.97. The lowest BCUT2D eigenvalue weighted by atomic mass is 10.3. The minimum absolute atomic E-state index is 0.382. The third-order valence-corrected chi connectivity index (χ3v) is 0.838. The van der Waals surface area contributed by atoms with Crippen LogP contribution in [0.2, 0.25) is 0 Å². The van der Waals surface area contributed by atoms with Crippen molar-refractivity contribution in [1.29, 1.82) is 0 Å². The van der Waals surface area contributed by atoms with Gasteiger partial charge in [-0.15, -0.1) is 0 Å². The highest BCUT2D eigenvalue weighted by Gasteiger charge is 2.10. The molecule has 1 aliphatic heterocycles. The maximum absolute atomic E-state index is 10.4. The summed E-state index contributed by atoms with van der Waals surface area (Å²) in [4.78, 5) is 10.4. The summed E-state index contributed by atoms with van der Waals surface area (Å²) in [5, 5.41) is 0. The summed E-state index contributed by atoms with van der Waals surface area (Å²) in [5.74, 6) is -0.382. The van der Waals surface area contributed by atoms with Crippen LogP contribution in [-0.4, -0.2) is 5.97 Å². The Morgan fingerprint density at radius 2 is 2.50 bits per heavy atom. The zero-order valence-corrected chi connectivity index (χ0v) is 4.13. The normalized spacial score (nSPS) is 22.0. The Hall–Kier alpha value is -1.25. The first-order chi connectivity index (χ1) is 3.84. The van der Waals surface area contributed by atoms with E-state index in [2.05, 4.69) is 4.74 Å². The zero-order valence-electron chi connectivity index (χ0n) is 4.13. The molecule has 0 saturated heterocycles. The van der Waals surface area contributed by atoms with E-state index in [1.165, 1.54) is 18.5 Å². The fourth-order valence-corrected chi connectivity index (χ4v) is 0.429. The number of carbonyl (C=O) groups is 1. The molecule has 0 bridgehead atoms. The predicted octanol–water partition coefficient (Wildman–Crippen LogP) is -0.100. The van der Waals surface area contributed by atoms with Crippen LogP contribution in [0.3, 0.4) is 0 Å². The fraction of sp³-hybridized carbons (Fsp3) is 0. The van der Waals surface area contributed by atoms with Crippen LogP contribution in [0, 0.1) is 0 Å². The molecule has 0 aromatic carbocycles. The number of hydrogen-bond donors (Lipinski definition) is 1. The highest BCUT2D eigenvalue weighted by atomic mass is 16.5. The van der Waals surface area contributed by atoms with Crippen LogP contribution >= 0.6 is 0 Å². The van der Waals surface area contributed by atoms with Gasteiger partial charge in [0.25, 0.3) is 0 Å². The quantitative estimate of drug-likeness (QED) is 0.351. The number of esters is 1. The molecule has 0 atom stereocenters. The molecule has 1 aliphatic rings. The third kappa shape index (κ3) is 0.578. The molecule has 2 N–H and O–H groups in total. The van der Waals surface area contributed by atoms with Crippen molar-refractivity contribution in [2.75, 3.05) is 0 Å². The summed E-state index contributed by atoms with van der Waals surface area (Å²) in [5.41, 5.74) is 5.42. The second-order valence-corrected chi connectivity index (χ2v) is 1.33. The zero-order chi connectivity index (χ0) is 5.98. The van der Waals surface area contributed by atoms with E-state index < -0.39 is 0 Å². The molecule has 0 saturated carbocycles. The smallest absolute Gasteiger partial charge is 0.344 e. The summed E-state index contributed by atoms with van der Waals surface area (Å²) in [6.45, 7) is 0. The Balaban J connectivity index is 2.82. The molecule has 0 spiro atoms. The fourth-order valence-electron chi connectivity index (χ4n) is 0.429. The molecule has 8 heavy (non-hydrogen) atoms. The topological polar surface area (TPSA) is 52.3 Å². The summed E-state index contributed by atoms with van der Waals surface area (Å²) in [6, 6.07) is 0. The van der Waals surface area contributed by atoms with Gasteiger partial charge >= 0.3 is 5.97 Å². The van der Waals surface area contributed by atoms with Gasteiger partial charge in [0.05, 0.1) is 11.8 Å². The van der Waals surface area contributed by atoms with Crippen LogP contribution in [0.25, 0.3) is 0 Å². The number of carbonyl (C=O) groups excluding carboxylic acids is 1. The third-order valence-electron chi connectivity index (χ3n) is 0.838. The number of ether oxygens (including phenoxy) is 1. The molecule has 0 aromatic heterocycles. The first-order valence-corrected chi connectivity index (χ1v) is 2.14. The second-order valence-electron chi connectivity index (χ2n) is 1.33. The predicted molar refractivity (Wildman–Crippen MR) is 27.5 cm³/mol. The van der Waals surface area contributed by atoms with Gasteiger partial charge < -0.3 is 10.5 Å². The van der Waals surface area contributed by atoms with Crippen molar-refractivity contribution in [3.05, 3.63) is 24.1 Å². The van der Waals surface area contributed by atoms with Crippen molar-refractivity contribution < 1.29 is 9.53 Å². The highest BCUT2D eigenvalue weighted by molar-refractivity contribution is 5.93. The van der Waals surface area contributed by atoms with E-state index in [1.54, 1.807) is 0 Å². The standard InChI is InChI=1S/C5H5NO2/c6-3-4-1-2-8-5(4)7/h1-3H,6H2. The second kappa shape index (κ2) is 1.69. The van der Waals surface area contributed by atoms with Crippen molar-refractivity contribution in [2.24, 2.45) is 5.73 Å². The highest BCUT2D eigenvalue weighted by Crippen LogP contribution is 2.05. The molecule has 3 heteroatoms. The maximum atomic E-state index is 10.4. The molecule has 0 aliphatic carbocycles. The molecular weight excluding hydrogens is 106 g/mol. The molecule has 42 valence electrons. The van der Waals surface area contributed by atoms with E-state index in [-0.39, 0.29) is 5.97 Å². The van der Waals surface area contributed by atoms with Crippen molar-refractivity contribution >= 4 is 5.97 Å². The Labute approximate surface area is 46.4 Å². The van der Waals surface area contributed by atoms with E-state index in [0.29, 0.717) is 5.57 Å². The van der Waals surface area contributed by atoms with Crippen molar-refractivity contribution in [2.45, 2.75) is 0 Å². The summed E-state index contributed by atoms with van der Waals surface area (Å²) in [6.07, 6.45) is 4.04. The van der Waals surface area contributed by atoms with E-state index in [9.17, 15) is 4.79 Å². The molecular formula is C5H5NO2. The van der Waals surface area contributed by atoms with Gasteiger partial charge in [-0.25, -0.2) is 4.79 Å².